The fraction of sp³-hybridized carbons (Fsp3) is 0.808. The highest BCUT2D eigenvalue weighted by atomic mass is 16.7. The van der Waals surface area contributed by atoms with Gasteiger partial charge in [-0.2, -0.15) is 0 Å². The molecule has 4 saturated carbocycles. The van der Waals surface area contributed by atoms with Crippen LogP contribution < -0.4 is 0 Å². The molecule has 0 amide bonds. The molecule has 2 heterocycles. The zero-order chi connectivity index (χ0) is 24.8. The van der Waals surface area contributed by atoms with E-state index in [0.717, 1.165) is 19.3 Å². The SMILES string of the molecule is C=C1[C@@H]2CC(OC(C)=O)[C@H]3C45CCCC(C)(C)[C@H]4[C@H](OC(C)=O)[C@](O)(OC5)[C@]3(C2)[C@@H]1OC(C)=O. The number of hydrogen-bond acceptors (Lipinski definition) is 8. The van der Waals surface area contributed by atoms with Crippen molar-refractivity contribution >= 4 is 17.9 Å². The number of rotatable bonds is 3. The molecule has 0 radical (unpaired) electrons. The number of ether oxygens (including phenoxy) is 4. The fourth-order valence-corrected chi connectivity index (χ4v) is 9.13. The average molecular weight is 477 g/mol. The van der Waals surface area contributed by atoms with E-state index in [2.05, 4.69) is 20.4 Å². The van der Waals surface area contributed by atoms with Gasteiger partial charge < -0.3 is 24.1 Å². The Labute approximate surface area is 200 Å². The summed E-state index contributed by atoms with van der Waals surface area (Å²) in [6, 6.07) is 0. The molecule has 9 atom stereocenters. The number of carbonyl (C=O) groups is 3. The minimum atomic E-state index is -1.92. The average Bonchev–Trinajstić information content (AvgIpc) is 2.90. The molecule has 0 aromatic carbocycles. The topological polar surface area (TPSA) is 108 Å². The Morgan fingerprint density at radius 3 is 2.26 bits per heavy atom. The molecule has 6 aliphatic rings. The van der Waals surface area contributed by atoms with Crippen LogP contribution in [0, 0.1) is 34.0 Å². The monoisotopic (exact) mass is 476 g/mol. The van der Waals surface area contributed by atoms with Crippen molar-refractivity contribution in [1.82, 2.24) is 0 Å². The lowest BCUT2D eigenvalue weighted by atomic mass is 9.36. The smallest absolute Gasteiger partial charge is 0.303 e. The molecule has 0 aromatic heterocycles. The molecule has 6 rings (SSSR count). The van der Waals surface area contributed by atoms with Gasteiger partial charge in [0.1, 0.15) is 12.2 Å². The Kier molecular flexibility index (Phi) is 5.10. The first kappa shape index (κ1) is 23.8. The van der Waals surface area contributed by atoms with Crippen LogP contribution in [0.3, 0.4) is 0 Å². The molecule has 6 fully saturated rings. The van der Waals surface area contributed by atoms with Crippen molar-refractivity contribution in [2.75, 3.05) is 6.61 Å². The minimum absolute atomic E-state index is 0.124. The van der Waals surface area contributed by atoms with Crippen LogP contribution in [0.5, 0.6) is 0 Å². The number of esters is 3. The first-order valence-electron chi connectivity index (χ1n) is 12.4. The van der Waals surface area contributed by atoms with Crippen molar-refractivity contribution in [2.45, 2.75) is 90.8 Å². The molecule has 2 saturated heterocycles. The highest BCUT2D eigenvalue weighted by Gasteiger charge is 2.86. The van der Waals surface area contributed by atoms with Gasteiger partial charge in [-0.05, 0) is 42.6 Å². The third-order valence-electron chi connectivity index (χ3n) is 9.71. The van der Waals surface area contributed by atoms with Gasteiger partial charge in [0.15, 0.2) is 6.10 Å². The van der Waals surface area contributed by atoms with E-state index in [1.807, 2.05) is 0 Å². The normalized spacial score (nSPS) is 47.9. The first-order chi connectivity index (χ1) is 15.8. The number of fused-ring (bicyclic) bond motifs is 2. The van der Waals surface area contributed by atoms with Crippen molar-refractivity contribution in [3.63, 3.8) is 0 Å². The van der Waals surface area contributed by atoms with Gasteiger partial charge in [0.2, 0.25) is 5.79 Å². The predicted octanol–water partition coefficient (Wildman–Crippen LogP) is 2.91. The van der Waals surface area contributed by atoms with Crippen LogP contribution in [0.25, 0.3) is 0 Å². The van der Waals surface area contributed by atoms with E-state index in [1.165, 1.54) is 20.8 Å². The molecule has 2 aliphatic heterocycles. The van der Waals surface area contributed by atoms with E-state index < -0.39 is 46.9 Å². The van der Waals surface area contributed by atoms with Gasteiger partial charge in [0.05, 0.1) is 12.0 Å². The maximum Gasteiger partial charge on any atom is 0.303 e. The maximum atomic E-state index is 12.5. The zero-order valence-corrected chi connectivity index (χ0v) is 20.7. The molecule has 188 valence electrons. The van der Waals surface area contributed by atoms with Crippen molar-refractivity contribution in [3.8, 4) is 0 Å². The third kappa shape index (κ3) is 2.81. The zero-order valence-electron chi connectivity index (χ0n) is 20.7. The molecule has 4 bridgehead atoms. The highest BCUT2D eigenvalue weighted by Crippen LogP contribution is 2.78. The molecular weight excluding hydrogens is 440 g/mol. The van der Waals surface area contributed by atoms with Crippen LogP contribution >= 0.6 is 0 Å². The Hall–Kier alpha value is -1.93. The molecule has 4 aliphatic carbocycles. The van der Waals surface area contributed by atoms with Crippen LogP contribution in [0.2, 0.25) is 0 Å². The van der Waals surface area contributed by atoms with Crippen LogP contribution in [-0.4, -0.2) is 53.7 Å². The van der Waals surface area contributed by atoms with Gasteiger partial charge in [0.25, 0.3) is 0 Å². The summed E-state index contributed by atoms with van der Waals surface area (Å²) in [5.74, 6) is -3.95. The predicted molar refractivity (Wildman–Crippen MR) is 119 cm³/mol. The van der Waals surface area contributed by atoms with Crippen LogP contribution in [0.15, 0.2) is 12.2 Å². The summed E-state index contributed by atoms with van der Waals surface area (Å²) in [5, 5.41) is 12.5. The number of hydrogen-bond donors (Lipinski definition) is 1. The van der Waals surface area contributed by atoms with Gasteiger partial charge in [0, 0.05) is 38.0 Å². The molecule has 2 unspecified atom stereocenters. The summed E-state index contributed by atoms with van der Waals surface area (Å²) in [6.45, 7) is 12.9. The van der Waals surface area contributed by atoms with E-state index in [4.69, 9.17) is 18.9 Å². The molecule has 1 N–H and O–H groups in total. The summed E-state index contributed by atoms with van der Waals surface area (Å²) >= 11 is 0. The lowest BCUT2D eigenvalue weighted by Gasteiger charge is -2.75. The third-order valence-corrected chi connectivity index (χ3v) is 9.71. The minimum Gasteiger partial charge on any atom is -0.462 e. The Balaban J connectivity index is 1.79. The van der Waals surface area contributed by atoms with E-state index in [9.17, 15) is 19.5 Å². The van der Waals surface area contributed by atoms with Crippen molar-refractivity contribution < 1.29 is 38.4 Å². The summed E-state index contributed by atoms with van der Waals surface area (Å²) in [4.78, 5) is 36.9. The first-order valence-corrected chi connectivity index (χ1v) is 12.4. The second-order valence-electron chi connectivity index (χ2n) is 11.9. The van der Waals surface area contributed by atoms with E-state index in [-0.39, 0.29) is 35.7 Å². The lowest BCUT2D eigenvalue weighted by Crippen LogP contribution is -2.84. The van der Waals surface area contributed by atoms with Gasteiger partial charge in [-0.25, -0.2) is 0 Å². The molecule has 8 nitrogen and oxygen atoms in total. The second kappa shape index (κ2) is 7.29. The van der Waals surface area contributed by atoms with Crippen LogP contribution in [-0.2, 0) is 33.3 Å². The van der Waals surface area contributed by atoms with Gasteiger partial charge in [-0.3, -0.25) is 14.4 Å². The van der Waals surface area contributed by atoms with Gasteiger partial charge in [-0.15, -0.1) is 0 Å². The van der Waals surface area contributed by atoms with Crippen molar-refractivity contribution in [3.05, 3.63) is 12.2 Å². The van der Waals surface area contributed by atoms with E-state index >= 15 is 0 Å². The van der Waals surface area contributed by atoms with Gasteiger partial charge >= 0.3 is 17.9 Å². The number of aliphatic hydroxyl groups is 1. The van der Waals surface area contributed by atoms with E-state index in [1.54, 1.807) is 0 Å². The largest absolute Gasteiger partial charge is 0.462 e. The summed E-state index contributed by atoms with van der Waals surface area (Å²) in [5.41, 5.74) is -1.23. The Morgan fingerprint density at radius 2 is 1.65 bits per heavy atom. The molecule has 8 heteroatoms. The Morgan fingerprint density at radius 1 is 1.00 bits per heavy atom. The fourth-order valence-electron chi connectivity index (χ4n) is 9.13. The van der Waals surface area contributed by atoms with Crippen LogP contribution in [0.1, 0.15) is 66.7 Å². The lowest BCUT2D eigenvalue weighted by molar-refractivity contribution is -0.463. The summed E-state index contributed by atoms with van der Waals surface area (Å²) in [6.07, 6.45) is 1.40. The van der Waals surface area contributed by atoms with Crippen molar-refractivity contribution in [1.29, 1.82) is 0 Å². The van der Waals surface area contributed by atoms with E-state index in [0.29, 0.717) is 18.4 Å². The molecular formula is C26H36O8. The molecule has 0 aromatic rings. The second-order valence-corrected chi connectivity index (χ2v) is 11.9. The quantitative estimate of drug-likeness (QED) is 0.376. The maximum absolute atomic E-state index is 12.5. The standard InChI is InChI=1S/C26H36O8/c1-13-17-10-18(32-14(2)27)19-24-9-7-8-23(5,6)20(24)22(34-16(4)29)26(30,31-12-24)25(19,11-17)21(13)33-15(3)28/h17-22,30H,1,7-12H2,2-6H3/t17-,18?,19+,20-,21-,22+,24?,25+,26+/m1/s1. The summed E-state index contributed by atoms with van der Waals surface area (Å²) < 4.78 is 24.1. The van der Waals surface area contributed by atoms with Crippen molar-refractivity contribution in [2.24, 2.45) is 34.0 Å². The Bertz CT molecular complexity index is 956. The highest BCUT2D eigenvalue weighted by molar-refractivity contribution is 5.68. The van der Waals surface area contributed by atoms with Crippen LogP contribution in [0.4, 0.5) is 0 Å². The number of carbonyl (C=O) groups excluding carboxylic acids is 3. The molecule has 2 spiro atoms. The van der Waals surface area contributed by atoms with Gasteiger partial charge in [-0.1, -0.05) is 26.8 Å². The molecule has 34 heavy (non-hydrogen) atoms. The summed E-state index contributed by atoms with van der Waals surface area (Å²) in [7, 11) is 0.